The third-order valence-corrected chi connectivity index (χ3v) is 4.71. The number of nitrogens with one attached hydrogen (secondary N) is 1. The summed E-state index contributed by atoms with van der Waals surface area (Å²) in [5.41, 5.74) is 0.634. The van der Waals surface area contributed by atoms with Gasteiger partial charge in [-0.15, -0.1) is 0 Å². The van der Waals surface area contributed by atoms with Crippen LogP contribution >= 0.6 is 15.9 Å². The minimum atomic E-state index is -0.520. The zero-order chi connectivity index (χ0) is 21.6. The maximum Gasteiger partial charge on any atom is 0.410 e. The second-order valence-electron chi connectivity index (χ2n) is 7.33. The van der Waals surface area contributed by atoms with Crippen LogP contribution in [0.4, 0.5) is 16.2 Å². The molecule has 0 aliphatic carbocycles. The molecule has 0 bridgehead atoms. The molecule has 8 nitrogen and oxygen atoms in total. The Hall–Kier alpha value is -3.22. The highest BCUT2D eigenvalue weighted by atomic mass is 79.9. The molecule has 29 heavy (non-hydrogen) atoms. The summed E-state index contributed by atoms with van der Waals surface area (Å²) in [6.45, 7) is 7.94. The van der Waals surface area contributed by atoms with E-state index in [4.69, 9.17) is 20.5 Å². The lowest BCUT2D eigenvalue weighted by Crippen LogP contribution is -2.50. The van der Waals surface area contributed by atoms with Crippen LogP contribution in [0.15, 0.2) is 33.9 Å². The third kappa shape index (κ3) is 5.88. The number of anilines is 2. The highest BCUT2D eigenvalue weighted by Gasteiger charge is 2.26. The van der Waals surface area contributed by atoms with Crippen LogP contribution in [0, 0.1) is 34.0 Å². The SMILES string of the molecule is CC(C)(C)OC(=O)N1CCN(c2ccc(NC(C#N)=C(C#N)C#N)cc2Br)CC1. The summed E-state index contributed by atoms with van der Waals surface area (Å²) in [5.74, 6) is 0. The van der Waals surface area contributed by atoms with Crippen LogP contribution in [0.2, 0.25) is 0 Å². The van der Waals surface area contributed by atoms with Gasteiger partial charge in [-0.25, -0.2) is 4.79 Å². The maximum atomic E-state index is 12.2. The molecule has 0 radical (unpaired) electrons. The second kappa shape index (κ2) is 9.32. The number of ether oxygens (including phenoxy) is 1. The Morgan fingerprint density at radius 1 is 1.10 bits per heavy atom. The van der Waals surface area contributed by atoms with Crippen LogP contribution in [0.3, 0.4) is 0 Å². The minimum absolute atomic E-state index is 0.0966. The minimum Gasteiger partial charge on any atom is -0.444 e. The highest BCUT2D eigenvalue weighted by molar-refractivity contribution is 9.10. The first-order chi connectivity index (χ1) is 13.7. The number of allylic oxidation sites excluding steroid dienone is 2. The van der Waals surface area contributed by atoms with Gasteiger partial charge in [0.05, 0.1) is 5.69 Å². The maximum absolute atomic E-state index is 12.2. The first kappa shape index (κ1) is 22.1. The summed E-state index contributed by atoms with van der Waals surface area (Å²) in [6.07, 6.45) is -0.308. The first-order valence-electron chi connectivity index (χ1n) is 8.92. The molecule has 1 aromatic rings. The molecule has 1 saturated heterocycles. The van der Waals surface area contributed by atoms with Crippen LogP contribution in [0.5, 0.6) is 0 Å². The largest absolute Gasteiger partial charge is 0.444 e. The van der Waals surface area contributed by atoms with Crippen LogP contribution < -0.4 is 10.2 Å². The number of halogens is 1. The van der Waals surface area contributed by atoms with E-state index in [0.717, 1.165) is 10.2 Å². The number of hydrogen-bond acceptors (Lipinski definition) is 7. The Morgan fingerprint density at radius 2 is 1.72 bits per heavy atom. The van der Waals surface area contributed by atoms with Gasteiger partial charge in [0.2, 0.25) is 0 Å². The van der Waals surface area contributed by atoms with E-state index in [-0.39, 0.29) is 17.4 Å². The van der Waals surface area contributed by atoms with Gasteiger partial charge in [-0.1, -0.05) is 0 Å². The number of carbonyl (C=O) groups excluding carboxylic acids is 1. The monoisotopic (exact) mass is 456 g/mol. The van der Waals surface area contributed by atoms with E-state index in [1.54, 1.807) is 29.2 Å². The fraction of sp³-hybridized carbons (Fsp3) is 0.400. The van der Waals surface area contributed by atoms with Crippen molar-refractivity contribution in [2.45, 2.75) is 26.4 Å². The zero-order valence-corrected chi connectivity index (χ0v) is 18.1. The number of piperazine rings is 1. The second-order valence-corrected chi connectivity index (χ2v) is 8.19. The van der Waals surface area contributed by atoms with E-state index in [1.807, 2.05) is 32.9 Å². The van der Waals surface area contributed by atoms with Gasteiger partial charge in [0.1, 0.15) is 29.5 Å². The molecular formula is C20H21BrN6O2. The van der Waals surface area contributed by atoms with Crippen LogP contribution in [-0.2, 0) is 4.74 Å². The number of carbonyl (C=O) groups is 1. The van der Waals surface area contributed by atoms with Crippen LogP contribution in [0.25, 0.3) is 0 Å². The molecule has 1 aliphatic rings. The smallest absolute Gasteiger partial charge is 0.410 e. The van der Waals surface area contributed by atoms with Gasteiger partial charge >= 0.3 is 6.09 Å². The lowest BCUT2D eigenvalue weighted by Gasteiger charge is -2.37. The summed E-state index contributed by atoms with van der Waals surface area (Å²) < 4.78 is 6.21. The van der Waals surface area contributed by atoms with E-state index in [1.165, 1.54) is 0 Å². The number of nitriles is 3. The molecule has 9 heteroatoms. The molecule has 150 valence electrons. The fourth-order valence-electron chi connectivity index (χ4n) is 2.73. The summed E-state index contributed by atoms with van der Waals surface area (Å²) in [5, 5.41) is 29.8. The summed E-state index contributed by atoms with van der Waals surface area (Å²) >= 11 is 3.53. The average molecular weight is 457 g/mol. The molecule has 0 aromatic heterocycles. The Labute approximate surface area is 178 Å². The molecule has 1 heterocycles. The Morgan fingerprint density at radius 3 is 2.21 bits per heavy atom. The topological polar surface area (TPSA) is 116 Å². The number of rotatable bonds is 3. The standard InChI is InChI=1S/C20H21BrN6O2/c1-20(2,3)29-19(28)27-8-6-26(7-9-27)18-5-4-15(10-16(18)21)25-17(13-24)14(11-22)12-23/h4-5,10,25H,6-9H2,1-3H3. The molecule has 1 N–H and O–H groups in total. The predicted octanol–water partition coefficient (Wildman–Crippen LogP) is 3.74. The molecule has 1 aromatic carbocycles. The molecular weight excluding hydrogens is 436 g/mol. The van der Waals surface area contributed by atoms with Crippen molar-refractivity contribution in [1.29, 1.82) is 15.8 Å². The number of benzene rings is 1. The molecule has 0 saturated carbocycles. The summed E-state index contributed by atoms with van der Waals surface area (Å²) in [4.78, 5) is 16.0. The Kier molecular flexibility index (Phi) is 7.09. The third-order valence-electron chi connectivity index (χ3n) is 4.07. The molecule has 0 atom stereocenters. The highest BCUT2D eigenvalue weighted by Crippen LogP contribution is 2.31. The number of hydrogen-bond donors (Lipinski definition) is 1. The van der Waals surface area contributed by atoms with E-state index in [2.05, 4.69) is 26.1 Å². The van der Waals surface area contributed by atoms with Crippen molar-refractivity contribution in [3.05, 3.63) is 33.9 Å². The van der Waals surface area contributed by atoms with Gasteiger partial charge in [-0.05, 0) is 54.9 Å². The zero-order valence-electron chi connectivity index (χ0n) is 16.5. The molecule has 1 aliphatic heterocycles. The normalized spacial score (nSPS) is 13.6. The van der Waals surface area contributed by atoms with Gasteiger partial charge in [0.25, 0.3) is 0 Å². The van der Waals surface area contributed by atoms with E-state index in [0.29, 0.717) is 31.9 Å². The summed E-state index contributed by atoms with van der Waals surface area (Å²) in [6, 6.07) is 10.7. The van der Waals surface area contributed by atoms with Crippen molar-refractivity contribution < 1.29 is 9.53 Å². The number of nitrogens with zero attached hydrogens (tertiary/aromatic N) is 5. The molecule has 1 amide bonds. The van der Waals surface area contributed by atoms with Crippen molar-refractivity contribution in [3.63, 3.8) is 0 Å². The van der Waals surface area contributed by atoms with E-state index < -0.39 is 5.60 Å². The van der Waals surface area contributed by atoms with Crippen molar-refractivity contribution in [2.24, 2.45) is 0 Å². The van der Waals surface area contributed by atoms with Gasteiger partial charge < -0.3 is 19.9 Å². The van der Waals surface area contributed by atoms with Gasteiger partial charge in [-0.3, -0.25) is 0 Å². The Balaban J connectivity index is 2.07. The quantitative estimate of drug-likeness (QED) is 0.688. The van der Waals surface area contributed by atoms with E-state index >= 15 is 0 Å². The molecule has 0 spiro atoms. The molecule has 1 fully saturated rings. The average Bonchev–Trinajstić information content (AvgIpc) is 2.67. The Bertz CT molecular complexity index is 922. The van der Waals surface area contributed by atoms with Crippen molar-refractivity contribution in [1.82, 2.24) is 4.90 Å². The van der Waals surface area contributed by atoms with Gasteiger partial charge in [0.15, 0.2) is 5.57 Å². The van der Waals surface area contributed by atoms with Crippen molar-refractivity contribution in [2.75, 3.05) is 36.4 Å². The molecule has 0 unspecified atom stereocenters. The van der Waals surface area contributed by atoms with Crippen LogP contribution in [-0.4, -0.2) is 42.8 Å². The van der Waals surface area contributed by atoms with Crippen molar-refractivity contribution in [3.8, 4) is 18.2 Å². The van der Waals surface area contributed by atoms with Gasteiger partial charge in [-0.2, -0.15) is 15.8 Å². The fourth-order valence-corrected chi connectivity index (χ4v) is 3.35. The first-order valence-corrected chi connectivity index (χ1v) is 9.72. The number of amides is 1. The lowest BCUT2D eigenvalue weighted by atomic mass is 10.2. The predicted molar refractivity (Wildman–Crippen MR) is 112 cm³/mol. The summed E-state index contributed by atoms with van der Waals surface area (Å²) in [7, 11) is 0. The van der Waals surface area contributed by atoms with Gasteiger partial charge in [0, 0.05) is 36.3 Å². The van der Waals surface area contributed by atoms with Crippen molar-refractivity contribution >= 4 is 33.4 Å². The van der Waals surface area contributed by atoms with Crippen LogP contribution in [0.1, 0.15) is 20.8 Å². The lowest BCUT2D eigenvalue weighted by molar-refractivity contribution is 0.0240. The van der Waals surface area contributed by atoms with E-state index in [9.17, 15) is 4.79 Å². The molecule has 2 rings (SSSR count).